The SMILES string of the molecule is O=C(Nc1cc2cccnc2cc1OC1CCNCC1)c1cnn2cccnc12. The number of fused-ring (bicyclic) bond motifs is 2. The van der Waals surface area contributed by atoms with E-state index in [2.05, 4.69) is 25.7 Å². The van der Waals surface area contributed by atoms with Gasteiger partial charge in [0.1, 0.15) is 17.4 Å². The summed E-state index contributed by atoms with van der Waals surface area (Å²) in [6, 6.07) is 9.39. The van der Waals surface area contributed by atoms with Gasteiger partial charge < -0.3 is 15.4 Å². The summed E-state index contributed by atoms with van der Waals surface area (Å²) < 4.78 is 7.84. The average molecular weight is 388 g/mol. The van der Waals surface area contributed by atoms with E-state index in [1.54, 1.807) is 29.2 Å². The highest BCUT2D eigenvalue weighted by atomic mass is 16.5. The molecule has 8 heteroatoms. The number of ether oxygens (including phenoxy) is 1. The number of anilines is 1. The number of amides is 1. The number of nitrogens with zero attached hydrogens (tertiary/aromatic N) is 4. The standard InChI is InChI=1S/C21H20N6O2/c28-21(16-13-25-27-10-2-7-24-20(16)27)26-18-11-14-3-1-6-23-17(14)12-19(18)29-15-4-8-22-9-5-15/h1-3,6-7,10-13,15,22H,4-5,8-9H2,(H,26,28). The molecule has 8 nitrogen and oxygen atoms in total. The van der Waals surface area contributed by atoms with Gasteiger partial charge in [0.25, 0.3) is 5.91 Å². The smallest absolute Gasteiger partial charge is 0.261 e. The number of aromatic nitrogens is 4. The number of benzene rings is 1. The maximum absolute atomic E-state index is 13.0. The number of hydrogen-bond acceptors (Lipinski definition) is 6. The molecule has 1 aliphatic rings. The van der Waals surface area contributed by atoms with Crippen molar-refractivity contribution in [3.63, 3.8) is 0 Å². The molecule has 146 valence electrons. The third-order valence-corrected chi connectivity index (χ3v) is 5.06. The Morgan fingerprint density at radius 2 is 2.03 bits per heavy atom. The molecule has 0 saturated carbocycles. The minimum absolute atomic E-state index is 0.103. The van der Waals surface area contributed by atoms with Gasteiger partial charge in [0, 0.05) is 30.0 Å². The molecule has 4 aromatic rings. The van der Waals surface area contributed by atoms with Gasteiger partial charge in [0.05, 0.1) is 17.4 Å². The zero-order chi connectivity index (χ0) is 19.6. The predicted octanol–water partition coefficient (Wildman–Crippen LogP) is 2.66. The van der Waals surface area contributed by atoms with Gasteiger partial charge in [-0.2, -0.15) is 5.10 Å². The topological polar surface area (TPSA) is 93.4 Å². The highest BCUT2D eigenvalue weighted by Gasteiger charge is 2.20. The number of carbonyl (C=O) groups is 1. The average Bonchev–Trinajstić information content (AvgIpc) is 3.19. The maximum Gasteiger partial charge on any atom is 0.261 e. The number of rotatable bonds is 4. The fourth-order valence-electron chi connectivity index (χ4n) is 3.57. The van der Waals surface area contributed by atoms with Crippen molar-refractivity contribution in [3.05, 3.63) is 60.7 Å². The van der Waals surface area contributed by atoms with E-state index in [1.807, 2.05) is 24.3 Å². The second kappa shape index (κ2) is 7.48. The van der Waals surface area contributed by atoms with Gasteiger partial charge in [-0.05, 0) is 44.1 Å². The summed E-state index contributed by atoms with van der Waals surface area (Å²) in [6.07, 6.45) is 8.62. The molecule has 3 aromatic heterocycles. The van der Waals surface area contributed by atoms with Gasteiger partial charge in [-0.25, -0.2) is 9.50 Å². The van der Waals surface area contributed by atoms with Crippen LogP contribution in [-0.4, -0.2) is 44.7 Å². The van der Waals surface area contributed by atoms with Crippen LogP contribution in [-0.2, 0) is 0 Å². The Labute approximate surface area is 166 Å². The lowest BCUT2D eigenvalue weighted by atomic mass is 10.1. The van der Waals surface area contributed by atoms with E-state index in [-0.39, 0.29) is 12.0 Å². The third kappa shape index (κ3) is 3.50. The molecular formula is C21H20N6O2. The third-order valence-electron chi connectivity index (χ3n) is 5.06. The zero-order valence-electron chi connectivity index (χ0n) is 15.7. The molecule has 1 saturated heterocycles. The van der Waals surface area contributed by atoms with Gasteiger partial charge in [0.2, 0.25) is 0 Å². The molecule has 1 aliphatic heterocycles. The Balaban J connectivity index is 1.50. The Morgan fingerprint density at radius 1 is 1.17 bits per heavy atom. The number of nitrogens with one attached hydrogen (secondary N) is 2. The minimum atomic E-state index is -0.280. The summed E-state index contributed by atoms with van der Waals surface area (Å²) in [5.41, 5.74) is 2.36. The molecular weight excluding hydrogens is 368 g/mol. The molecule has 4 heterocycles. The van der Waals surface area contributed by atoms with Crippen LogP contribution in [0.1, 0.15) is 23.2 Å². The molecule has 0 unspecified atom stereocenters. The first-order valence-corrected chi connectivity index (χ1v) is 9.64. The Hall–Kier alpha value is -3.52. The van der Waals surface area contributed by atoms with Crippen molar-refractivity contribution in [2.45, 2.75) is 18.9 Å². The monoisotopic (exact) mass is 388 g/mol. The lowest BCUT2D eigenvalue weighted by molar-refractivity contribution is 0.102. The molecule has 2 N–H and O–H groups in total. The van der Waals surface area contributed by atoms with Crippen LogP contribution < -0.4 is 15.4 Å². The number of hydrogen-bond donors (Lipinski definition) is 2. The van der Waals surface area contributed by atoms with Crippen molar-refractivity contribution < 1.29 is 9.53 Å². The van der Waals surface area contributed by atoms with E-state index in [4.69, 9.17) is 4.74 Å². The van der Waals surface area contributed by atoms with Crippen LogP contribution in [0.5, 0.6) is 5.75 Å². The van der Waals surface area contributed by atoms with Crippen LogP contribution in [0.4, 0.5) is 5.69 Å². The minimum Gasteiger partial charge on any atom is -0.488 e. The molecule has 0 radical (unpaired) electrons. The molecule has 0 atom stereocenters. The van der Waals surface area contributed by atoms with Crippen molar-refractivity contribution >= 4 is 28.1 Å². The first-order chi connectivity index (χ1) is 14.3. The molecule has 5 rings (SSSR count). The van der Waals surface area contributed by atoms with Crippen LogP contribution in [0.2, 0.25) is 0 Å². The first kappa shape index (κ1) is 17.6. The van der Waals surface area contributed by atoms with Crippen molar-refractivity contribution in [3.8, 4) is 5.75 Å². The highest BCUT2D eigenvalue weighted by Crippen LogP contribution is 2.32. The fourth-order valence-corrected chi connectivity index (χ4v) is 3.57. The molecule has 1 aromatic carbocycles. The second-order valence-electron chi connectivity index (χ2n) is 7.01. The summed E-state index contributed by atoms with van der Waals surface area (Å²) in [5, 5.41) is 11.4. The fraction of sp³-hybridized carbons (Fsp3) is 0.238. The largest absolute Gasteiger partial charge is 0.488 e. The predicted molar refractivity (Wildman–Crippen MR) is 109 cm³/mol. The molecule has 0 bridgehead atoms. The lowest BCUT2D eigenvalue weighted by Gasteiger charge is -2.25. The van der Waals surface area contributed by atoms with Gasteiger partial charge in [-0.3, -0.25) is 9.78 Å². The molecule has 1 fully saturated rings. The summed E-state index contributed by atoms with van der Waals surface area (Å²) >= 11 is 0. The van der Waals surface area contributed by atoms with E-state index in [9.17, 15) is 4.79 Å². The number of carbonyl (C=O) groups excluding carboxylic acids is 1. The van der Waals surface area contributed by atoms with Gasteiger partial charge in [-0.15, -0.1) is 0 Å². The van der Waals surface area contributed by atoms with Crippen LogP contribution in [0.3, 0.4) is 0 Å². The maximum atomic E-state index is 13.0. The van der Waals surface area contributed by atoms with Crippen molar-refractivity contribution in [1.82, 2.24) is 24.9 Å². The van der Waals surface area contributed by atoms with Crippen LogP contribution in [0.15, 0.2) is 55.1 Å². The summed E-state index contributed by atoms with van der Waals surface area (Å²) in [7, 11) is 0. The van der Waals surface area contributed by atoms with E-state index in [1.165, 1.54) is 6.20 Å². The van der Waals surface area contributed by atoms with E-state index >= 15 is 0 Å². The quantitative estimate of drug-likeness (QED) is 0.558. The highest BCUT2D eigenvalue weighted by molar-refractivity contribution is 6.09. The molecule has 29 heavy (non-hydrogen) atoms. The number of piperidine rings is 1. The normalized spacial score (nSPS) is 14.9. The van der Waals surface area contributed by atoms with Crippen molar-refractivity contribution in [2.24, 2.45) is 0 Å². The Bertz CT molecular complexity index is 1180. The Kier molecular flexibility index (Phi) is 4.53. The zero-order valence-corrected chi connectivity index (χ0v) is 15.7. The molecule has 1 amide bonds. The number of pyridine rings is 1. The van der Waals surface area contributed by atoms with Crippen LogP contribution >= 0.6 is 0 Å². The van der Waals surface area contributed by atoms with Gasteiger partial charge in [-0.1, -0.05) is 6.07 Å². The summed E-state index contributed by atoms with van der Waals surface area (Å²) in [4.78, 5) is 21.7. The van der Waals surface area contributed by atoms with Crippen LogP contribution in [0, 0.1) is 0 Å². The van der Waals surface area contributed by atoms with Gasteiger partial charge in [0.15, 0.2) is 5.65 Å². The second-order valence-corrected chi connectivity index (χ2v) is 7.01. The molecule has 0 aliphatic carbocycles. The molecule has 0 spiro atoms. The summed E-state index contributed by atoms with van der Waals surface area (Å²) in [6.45, 7) is 1.85. The van der Waals surface area contributed by atoms with E-state index in [0.29, 0.717) is 22.6 Å². The van der Waals surface area contributed by atoms with Crippen molar-refractivity contribution in [2.75, 3.05) is 18.4 Å². The Morgan fingerprint density at radius 3 is 2.93 bits per heavy atom. The van der Waals surface area contributed by atoms with Crippen LogP contribution in [0.25, 0.3) is 16.6 Å². The summed E-state index contributed by atoms with van der Waals surface area (Å²) in [5.74, 6) is 0.345. The van der Waals surface area contributed by atoms with Gasteiger partial charge >= 0.3 is 0 Å². The lowest BCUT2D eigenvalue weighted by Crippen LogP contribution is -2.34. The first-order valence-electron chi connectivity index (χ1n) is 9.64. The van der Waals surface area contributed by atoms with E-state index < -0.39 is 0 Å². The van der Waals surface area contributed by atoms with E-state index in [0.717, 1.165) is 36.8 Å². The van der Waals surface area contributed by atoms with Crippen molar-refractivity contribution in [1.29, 1.82) is 0 Å².